The quantitative estimate of drug-likeness (QED) is 0.610. The van der Waals surface area contributed by atoms with Crippen molar-refractivity contribution in [2.75, 3.05) is 39.3 Å². The Bertz CT molecular complexity index is 948. The number of nitrogens with zero attached hydrogens (tertiary/aromatic N) is 3. The average Bonchev–Trinajstić information content (AvgIpc) is 3.08. The van der Waals surface area contributed by atoms with Crippen LogP contribution >= 0.6 is 0 Å². The molecule has 176 valence electrons. The Balaban J connectivity index is 1.66. The van der Waals surface area contributed by atoms with Crippen LogP contribution in [0.25, 0.3) is 0 Å². The van der Waals surface area contributed by atoms with Crippen molar-refractivity contribution in [3.8, 4) is 0 Å². The van der Waals surface area contributed by atoms with Gasteiger partial charge in [0.05, 0.1) is 10.5 Å². The number of carbonyl (C=O) groups excluding carboxylic acids is 3. The first-order chi connectivity index (χ1) is 15.2. The van der Waals surface area contributed by atoms with Gasteiger partial charge >= 0.3 is 5.97 Å². The Kier molecular flexibility index (Phi) is 7.89. The predicted molar refractivity (Wildman–Crippen MR) is 117 cm³/mol. The Hall–Kier alpha value is -2.46. The van der Waals surface area contributed by atoms with Crippen molar-refractivity contribution in [3.63, 3.8) is 0 Å². The molecule has 0 radical (unpaired) electrons. The third-order valence-electron chi connectivity index (χ3n) is 5.94. The number of sulfonamides is 1. The van der Waals surface area contributed by atoms with Gasteiger partial charge < -0.3 is 14.5 Å². The van der Waals surface area contributed by atoms with E-state index in [2.05, 4.69) is 0 Å². The van der Waals surface area contributed by atoms with E-state index >= 15 is 0 Å². The summed E-state index contributed by atoms with van der Waals surface area (Å²) in [6.45, 7) is 5.35. The smallest absolute Gasteiger partial charge is 0.338 e. The molecule has 0 spiro atoms. The fourth-order valence-corrected chi connectivity index (χ4v) is 5.47. The number of carbonyl (C=O) groups is 3. The summed E-state index contributed by atoms with van der Waals surface area (Å²) in [5, 5.41) is 0. The van der Waals surface area contributed by atoms with E-state index in [1.54, 1.807) is 16.7 Å². The molecule has 2 aliphatic rings. The van der Waals surface area contributed by atoms with Crippen molar-refractivity contribution in [1.82, 2.24) is 14.1 Å². The lowest BCUT2D eigenvalue weighted by Crippen LogP contribution is -2.49. The molecule has 9 nitrogen and oxygen atoms in total. The number of ether oxygens (including phenoxy) is 1. The number of benzene rings is 1. The molecule has 2 saturated heterocycles. The van der Waals surface area contributed by atoms with Crippen LogP contribution in [0.4, 0.5) is 0 Å². The highest BCUT2D eigenvalue weighted by molar-refractivity contribution is 7.89. The molecule has 2 fully saturated rings. The van der Waals surface area contributed by atoms with E-state index in [9.17, 15) is 22.8 Å². The maximum absolute atomic E-state index is 13.0. The van der Waals surface area contributed by atoms with Crippen molar-refractivity contribution in [3.05, 3.63) is 29.8 Å². The van der Waals surface area contributed by atoms with Crippen molar-refractivity contribution >= 4 is 27.8 Å². The van der Waals surface area contributed by atoms with Crippen LogP contribution in [0, 0.1) is 0 Å². The number of likely N-dealkylation sites (tertiary alicyclic amines) is 1. The van der Waals surface area contributed by atoms with Gasteiger partial charge in [0, 0.05) is 46.2 Å². The molecule has 1 aromatic rings. The van der Waals surface area contributed by atoms with Gasteiger partial charge in [-0.1, -0.05) is 18.9 Å². The highest BCUT2D eigenvalue weighted by Gasteiger charge is 2.30. The summed E-state index contributed by atoms with van der Waals surface area (Å²) >= 11 is 0. The molecule has 1 aromatic carbocycles. The normalized spacial score (nSPS) is 19.2. The summed E-state index contributed by atoms with van der Waals surface area (Å²) in [5.41, 5.74) is 0.0731. The molecule has 0 aliphatic carbocycles. The van der Waals surface area contributed by atoms with E-state index in [1.165, 1.54) is 35.5 Å². The van der Waals surface area contributed by atoms with E-state index in [-0.39, 0.29) is 35.4 Å². The molecule has 0 aromatic heterocycles. The zero-order valence-electron chi connectivity index (χ0n) is 18.7. The number of esters is 1. The van der Waals surface area contributed by atoms with Crippen molar-refractivity contribution in [1.29, 1.82) is 0 Å². The number of amides is 2. The summed E-state index contributed by atoms with van der Waals surface area (Å²) in [6.07, 6.45) is 3.10. The first-order valence-electron chi connectivity index (χ1n) is 11.1. The van der Waals surface area contributed by atoms with Crippen molar-refractivity contribution in [2.45, 2.75) is 50.5 Å². The SMILES string of the molecule is CC(=O)N1CCN(S(=O)(=O)c2cccc(C(=O)O[C@H](C)C(=O)N3CCCCCC3)c2)CC1. The molecule has 32 heavy (non-hydrogen) atoms. The number of hydrogen-bond acceptors (Lipinski definition) is 6. The van der Waals surface area contributed by atoms with Crippen LogP contribution in [0.15, 0.2) is 29.2 Å². The molecule has 0 bridgehead atoms. The van der Waals surface area contributed by atoms with Crippen molar-refractivity contribution in [2.24, 2.45) is 0 Å². The third-order valence-corrected chi connectivity index (χ3v) is 7.84. The lowest BCUT2D eigenvalue weighted by Gasteiger charge is -2.33. The van der Waals surface area contributed by atoms with Crippen LogP contribution in [0.2, 0.25) is 0 Å². The second-order valence-electron chi connectivity index (χ2n) is 8.23. The molecule has 1 atom stereocenters. The van der Waals surface area contributed by atoms with Crippen LogP contribution in [0.5, 0.6) is 0 Å². The summed E-state index contributed by atoms with van der Waals surface area (Å²) in [7, 11) is -3.82. The fraction of sp³-hybridized carbons (Fsp3) is 0.591. The minimum Gasteiger partial charge on any atom is -0.449 e. The van der Waals surface area contributed by atoms with Gasteiger partial charge in [-0.2, -0.15) is 4.31 Å². The van der Waals surface area contributed by atoms with Crippen LogP contribution in [-0.2, 0) is 24.3 Å². The number of hydrogen-bond donors (Lipinski definition) is 0. The minimum atomic E-state index is -3.82. The molecule has 2 heterocycles. The monoisotopic (exact) mass is 465 g/mol. The van der Waals surface area contributed by atoms with Gasteiger partial charge in [0.2, 0.25) is 15.9 Å². The largest absolute Gasteiger partial charge is 0.449 e. The number of piperazine rings is 1. The molecule has 10 heteroatoms. The maximum Gasteiger partial charge on any atom is 0.338 e. The predicted octanol–water partition coefficient (Wildman–Crippen LogP) is 1.49. The summed E-state index contributed by atoms with van der Waals surface area (Å²) in [5.74, 6) is -1.05. The van der Waals surface area contributed by atoms with E-state index in [4.69, 9.17) is 4.74 Å². The number of rotatable bonds is 5. The molecule has 2 aliphatic heterocycles. The van der Waals surface area contributed by atoms with Gasteiger partial charge in [0.25, 0.3) is 5.91 Å². The Morgan fingerprint density at radius 3 is 2.12 bits per heavy atom. The summed E-state index contributed by atoms with van der Waals surface area (Å²) in [6, 6.07) is 5.65. The zero-order chi connectivity index (χ0) is 23.3. The van der Waals surface area contributed by atoms with Crippen LogP contribution < -0.4 is 0 Å². The molecule has 0 N–H and O–H groups in total. The lowest BCUT2D eigenvalue weighted by atomic mass is 10.2. The van der Waals surface area contributed by atoms with Gasteiger partial charge in [0.15, 0.2) is 6.10 Å². The van der Waals surface area contributed by atoms with E-state index in [0.717, 1.165) is 25.7 Å². The first-order valence-corrected chi connectivity index (χ1v) is 12.5. The first kappa shape index (κ1) is 24.2. The topological polar surface area (TPSA) is 104 Å². The summed E-state index contributed by atoms with van der Waals surface area (Å²) in [4.78, 5) is 40.1. The van der Waals surface area contributed by atoms with Gasteiger partial charge in [-0.3, -0.25) is 9.59 Å². The Morgan fingerprint density at radius 1 is 0.906 bits per heavy atom. The molecule has 3 rings (SSSR count). The van der Waals surface area contributed by atoms with E-state index in [0.29, 0.717) is 26.2 Å². The molecule has 0 saturated carbocycles. The van der Waals surface area contributed by atoms with E-state index < -0.39 is 22.1 Å². The molecule has 2 amide bonds. The maximum atomic E-state index is 13.0. The average molecular weight is 466 g/mol. The lowest BCUT2D eigenvalue weighted by molar-refractivity contribution is -0.139. The third kappa shape index (κ3) is 5.66. The van der Waals surface area contributed by atoms with Crippen LogP contribution in [0.3, 0.4) is 0 Å². The minimum absolute atomic E-state index is 0.0188. The van der Waals surface area contributed by atoms with Crippen LogP contribution in [0.1, 0.15) is 49.9 Å². The van der Waals surface area contributed by atoms with Crippen LogP contribution in [-0.4, -0.2) is 85.7 Å². The highest BCUT2D eigenvalue weighted by Crippen LogP contribution is 2.20. The molecule has 0 unspecified atom stereocenters. The van der Waals surface area contributed by atoms with E-state index in [1.807, 2.05) is 0 Å². The highest BCUT2D eigenvalue weighted by atomic mass is 32.2. The molecular formula is C22H31N3O6S. The standard InChI is InChI=1S/C22H31N3O6S/c1-17(21(27)24-10-5-3-4-6-11-24)31-22(28)19-8-7-9-20(16-19)32(29,30)25-14-12-23(13-15-25)18(2)26/h7-9,16-17H,3-6,10-15H2,1-2H3/t17-/m1/s1. The fourth-order valence-electron chi connectivity index (χ4n) is 4.00. The summed E-state index contributed by atoms with van der Waals surface area (Å²) < 4.78 is 32.7. The second-order valence-corrected chi connectivity index (χ2v) is 10.2. The van der Waals surface area contributed by atoms with Gasteiger partial charge in [-0.05, 0) is 38.0 Å². The van der Waals surface area contributed by atoms with Crippen molar-refractivity contribution < 1.29 is 27.5 Å². The zero-order valence-corrected chi connectivity index (χ0v) is 19.5. The Morgan fingerprint density at radius 2 is 1.53 bits per heavy atom. The Labute approximate surface area is 189 Å². The van der Waals surface area contributed by atoms with Gasteiger partial charge in [-0.15, -0.1) is 0 Å². The van der Waals surface area contributed by atoms with Gasteiger partial charge in [0.1, 0.15) is 0 Å². The van der Waals surface area contributed by atoms with Gasteiger partial charge in [-0.25, -0.2) is 13.2 Å². The molecular weight excluding hydrogens is 434 g/mol. The second kappa shape index (κ2) is 10.4.